The lowest BCUT2D eigenvalue weighted by atomic mass is 10.1. The summed E-state index contributed by atoms with van der Waals surface area (Å²) in [6, 6.07) is 11.2. The molecule has 2 aromatic rings. The van der Waals surface area contributed by atoms with Crippen molar-refractivity contribution in [2.24, 2.45) is 0 Å². The molecule has 1 unspecified atom stereocenters. The molecule has 6 nitrogen and oxygen atoms in total. The van der Waals surface area contributed by atoms with Gasteiger partial charge in [-0.2, -0.15) is 0 Å². The van der Waals surface area contributed by atoms with Gasteiger partial charge in [0.2, 0.25) is 10.0 Å². The van der Waals surface area contributed by atoms with E-state index in [0.29, 0.717) is 12.0 Å². The second kappa shape index (κ2) is 8.09. The molecule has 0 bridgehead atoms. The third-order valence-corrected chi connectivity index (χ3v) is 4.96. The van der Waals surface area contributed by atoms with E-state index in [-0.39, 0.29) is 10.6 Å². The summed E-state index contributed by atoms with van der Waals surface area (Å²) in [5.74, 6) is -2.17. The first-order valence-electron chi connectivity index (χ1n) is 7.55. The zero-order valence-corrected chi connectivity index (χ0v) is 14.3. The zero-order valence-electron chi connectivity index (χ0n) is 13.5. The Kier molecular flexibility index (Phi) is 6.11. The molecule has 1 atom stereocenters. The monoisotopic (exact) mass is 367 g/mol. The molecular formula is C17H18FNO5S. The number of ether oxygens (including phenoxy) is 1. The van der Waals surface area contributed by atoms with Gasteiger partial charge in [0.1, 0.15) is 0 Å². The molecule has 0 saturated heterocycles. The largest absolute Gasteiger partial charge is 0.479 e. The number of carboxylic acids is 1. The number of rotatable bonds is 8. The molecule has 25 heavy (non-hydrogen) atoms. The van der Waals surface area contributed by atoms with Crippen LogP contribution in [0.3, 0.4) is 0 Å². The van der Waals surface area contributed by atoms with Crippen molar-refractivity contribution < 1.29 is 27.4 Å². The molecule has 134 valence electrons. The minimum Gasteiger partial charge on any atom is -0.479 e. The van der Waals surface area contributed by atoms with Crippen molar-refractivity contribution in [3.8, 4) is 5.75 Å². The van der Waals surface area contributed by atoms with Crippen molar-refractivity contribution in [1.82, 2.24) is 4.72 Å². The van der Waals surface area contributed by atoms with Crippen LogP contribution in [0.1, 0.15) is 24.9 Å². The summed E-state index contributed by atoms with van der Waals surface area (Å²) in [5.41, 5.74) is 0.419. The van der Waals surface area contributed by atoms with Gasteiger partial charge in [0, 0.05) is 6.04 Å². The van der Waals surface area contributed by atoms with Crippen LogP contribution in [0.2, 0.25) is 0 Å². The first-order valence-corrected chi connectivity index (χ1v) is 9.03. The maximum Gasteiger partial charge on any atom is 0.341 e. The maximum absolute atomic E-state index is 14.1. The molecule has 0 radical (unpaired) electrons. The second-order valence-corrected chi connectivity index (χ2v) is 6.98. The fourth-order valence-corrected chi connectivity index (χ4v) is 3.56. The minimum atomic E-state index is -3.75. The SMILES string of the molecule is CCC(NS(=O)(=O)c1ccccc1)c1ccc(OCC(=O)O)c(F)c1. The van der Waals surface area contributed by atoms with E-state index in [0.717, 1.165) is 6.07 Å². The number of carbonyl (C=O) groups is 1. The van der Waals surface area contributed by atoms with Gasteiger partial charge in [-0.25, -0.2) is 22.3 Å². The third kappa shape index (κ3) is 5.01. The second-order valence-electron chi connectivity index (χ2n) is 5.27. The number of carboxylic acid groups (broad SMARTS) is 1. The highest BCUT2D eigenvalue weighted by Crippen LogP contribution is 2.25. The van der Waals surface area contributed by atoms with Crippen LogP contribution in [0.25, 0.3) is 0 Å². The molecular weight excluding hydrogens is 349 g/mol. The predicted octanol–water partition coefficient (Wildman–Crippen LogP) is 2.72. The predicted molar refractivity (Wildman–Crippen MR) is 89.3 cm³/mol. The Morgan fingerprint density at radius 3 is 2.48 bits per heavy atom. The molecule has 0 fully saturated rings. The maximum atomic E-state index is 14.1. The van der Waals surface area contributed by atoms with E-state index >= 15 is 0 Å². The Morgan fingerprint density at radius 1 is 1.24 bits per heavy atom. The van der Waals surface area contributed by atoms with Gasteiger partial charge < -0.3 is 9.84 Å². The topological polar surface area (TPSA) is 92.7 Å². The molecule has 2 aromatic carbocycles. The number of hydrogen-bond acceptors (Lipinski definition) is 4. The molecule has 2 N–H and O–H groups in total. The average Bonchev–Trinajstić information content (AvgIpc) is 2.59. The van der Waals surface area contributed by atoms with Crippen LogP contribution >= 0.6 is 0 Å². The van der Waals surface area contributed by atoms with E-state index in [9.17, 15) is 17.6 Å². The lowest BCUT2D eigenvalue weighted by Gasteiger charge is -2.18. The molecule has 0 aromatic heterocycles. The zero-order chi connectivity index (χ0) is 18.4. The van der Waals surface area contributed by atoms with Crippen LogP contribution in [0, 0.1) is 5.82 Å². The molecule has 0 heterocycles. The molecule has 0 saturated carbocycles. The summed E-state index contributed by atoms with van der Waals surface area (Å²) in [6.45, 7) is 1.11. The van der Waals surface area contributed by atoms with Crippen molar-refractivity contribution in [2.45, 2.75) is 24.3 Å². The molecule has 0 spiro atoms. The fourth-order valence-electron chi connectivity index (χ4n) is 2.23. The van der Waals surface area contributed by atoms with E-state index < -0.39 is 34.5 Å². The summed E-state index contributed by atoms with van der Waals surface area (Å²) >= 11 is 0. The summed E-state index contributed by atoms with van der Waals surface area (Å²) in [6.07, 6.45) is 0.404. The van der Waals surface area contributed by atoms with Crippen LogP contribution < -0.4 is 9.46 Å². The highest BCUT2D eigenvalue weighted by atomic mass is 32.2. The molecule has 0 aliphatic rings. The number of sulfonamides is 1. The lowest BCUT2D eigenvalue weighted by Crippen LogP contribution is -2.28. The van der Waals surface area contributed by atoms with Crippen LogP contribution in [0.4, 0.5) is 4.39 Å². The quantitative estimate of drug-likeness (QED) is 0.748. The van der Waals surface area contributed by atoms with Gasteiger partial charge in [-0.1, -0.05) is 31.2 Å². The van der Waals surface area contributed by atoms with Crippen LogP contribution in [-0.2, 0) is 14.8 Å². The Bertz CT molecular complexity index is 839. The van der Waals surface area contributed by atoms with Gasteiger partial charge in [0.05, 0.1) is 4.90 Å². The number of hydrogen-bond donors (Lipinski definition) is 2. The van der Waals surface area contributed by atoms with E-state index in [4.69, 9.17) is 9.84 Å². The van der Waals surface area contributed by atoms with Crippen LogP contribution in [0.5, 0.6) is 5.75 Å². The summed E-state index contributed by atoms with van der Waals surface area (Å²) < 4.78 is 46.2. The smallest absolute Gasteiger partial charge is 0.341 e. The fraction of sp³-hybridized carbons (Fsp3) is 0.235. The highest BCUT2D eigenvalue weighted by Gasteiger charge is 2.21. The standard InChI is InChI=1S/C17H18FNO5S/c1-2-15(19-25(22,23)13-6-4-3-5-7-13)12-8-9-16(14(18)10-12)24-11-17(20)21/h3-10,15,19H,2,11H2,1H3,(H,20,21). The van der Waals surface area contributed by atoms with Crippen molar-refractivity contribution in [1.29, 1.82) is 0 Å². The van der Waals surface area contributed by atoms with Crippen molar-refractivity contribution in [3.63, 3.8) is 0 Å². The summed E-state index contributed by atoms with van der Waals surface area (Å²) in [7, 11) is -3.75. The van der Waals surface area contributed by atoms with Gasteiger partial charge in [-0.3, -0.25) is 0 Å². The summed E-state index contributed by atoms with van der Waals surface area (Å²) in [4.78, 5) is 10.6. The molecule has 0 aliphatic heterocycles. The Morgan fingerprint density at radius 2 is 1.92 bits per heavy atom. The Balaban J connectivity index is 2.20. The van der Waals surface area contributed by atoms with Crippen LogP contribution in [0.15, 0.2) is 53.4 Å². The minimum absolute atomic E-state index is 0.121. The first kappa shape index (κ1) is 18.9. The summed E-state index contributed by atoms with van der Waals surface area (Å²) in [5, 5.41) is 8.56. The average molecular weight is 367 g/mol. The number of aliphatic carboxylic acids is 1. The van der Waals surface area contributed by atoms with E-state index in [1.165, 1.54) is 24.3 Å². The van der Waals surface area contributed by atoms with Gasteiger partial charge in [0.15, 0.2) is 18.2 Å². The van der Waals surface area contributed by atoms with E-state index in [2.05, 4.69) is 4.72 Å². The third-order valence-electron chi connectivity index (χ3n) is 3.47. The normalized spacial score (nSPS) is 12.6. The number of nitrogens with one attached hydrogen (secondary N) is 1. The lowest BCUT2D eigenvalue weighted by molar-refractivity contribution is -0.139. The van der Waals surface area contributed by atoms with Crippen molar-refractivity contribution >= 4 is 16.0 Å². The highest BCUT2D eigenvalue weighted by molar-refractivity contribution is 7.89. The van der Waals surface area contributed by atoms with Gasteiger partial charge in [-0.15, -0.1) is 0 Å². The molecule has 8 heteroatoms. The van der Waals surface area contributed by atoms with E-state index in [1.807, 2.05) is 0 Å². The van der Waals surface area contributed by atoms with Crippen molar-refractivity contribution in [2.75, 3.05) is 6.61 Å². The molecule has 2 rings (SSSR count). The van der Waals surface area contributed by atoms with E-state index in [1.54, 1.807) is 25.1 Å². The van der Waals surface area contributed by atoms with Crippen LogP contribution in [-0.4, -0.2) is 26.1 Å². The van der Waals surface area contributed by atoms with Gasteiger partial charge >= 0.3 is 5.97 Å². The van der Waals surface area contributed by atoms with Gasteiger partial charge in [-0.05, 0) is 36.2 Å². The first-order chi connectivity index (χ1) is 11.8. The number of benzene rings is 2. The van der Waals surface area contributed by atoms with Gasteiger partial charge in [0.25, 0.3) is 0 Å². The molecule has 0 amide bonds. The Labute approximate surface area is 145 Å². The van der Waals surface area contributed by atoms with Crippen molar-refractivity contribution in [3.05, 3.63) is 59.9 Å². The Hall–Kier alpha value is -2.45. The molecule has 0 aliphatic carbocycles. The number of halogens is 1.